The molecule has 0 fully saturated rings. The van der Waals surface area contributed by atoms with Gasteiger partial charge >= 0.3 is 0 Å². The zero-order valence-electron chi connectivity index (χ0n) is 17.1. The number of carbonyl (C=O) groups excluding carboxylic acids is 1. The second-order valence-corrected chi connectivity index (χ2v) is 8.86. The molecule has 152 valence electrons. The number of nitrogens with one attached hydrogen (secondary N) is 1. The molecule has 0 radical (unpaired) electrons. The first-order chi connectivity index (χ1) is 14.4. The number of hydrogen-bond donors (Lipinski definition) is 1. The lowest BCUT2D eigenvalue weighted by Gasteiger charge is -2.05. The van der Waals surface area contributed by atoms with E-state index in [-0.39, 0.29) is 5.57 Å². The SMILES string of the molecule is Cc1ccc(Cc2cnc(NC(=O)/C(C#N)=C/c3ccc(C(C)C)cc3)s2)cc1Cl. The molecule has 1 amide bonds. The monoisotopic (exact) mass is 435 g/mol. The number of carbonyl (C=O) groups is 1. The van der Waals surface area contributed by atoms with Gasteiger partial charge in [-0.2, -0.15) is 5.26 Å². The molecule has 3 rings (SSSR count). The molecule has 30 heavy (non-hydrogen) atoms. The summed E-state index contributed by atoms with van der Waals surface area (Å²) in [4.78, 5) is 17.8. The van der Waals surface area contributed by atoms with Gasteiger partial charge in [-0.05, 0) is 47.2 Å². The second kappa shape index (κ2) is 9.71. The summed E-state index contributed by atoms with van der Waals surface area (Å²) in [6.07, 6.45) is 3.99. The van der Waals surface area contributed by atoms with Crippen molar-refractivity contribution in [2.24, 2.45) is 0 Å². The number of halogens is 1. The van der Waals surface area contributed by atoms with Crippen molar-refractivity contribution >= 4 is 40.1 Å². The molecule has 0 saturated carbocycles. The van der Waals surface area contributed by atoms with Crippen molar-refractivity contribution in [1.82, 2.24) is 4.98 Å². The first-order valence-electron chi connectivity index (χ1n) is 9.58. The fourth-order valence-corrected chi connectivity index (χ4v) is 3.90. The summed E-state index contributed by atoms with van der Waals surface area (Å²) >= 11 is 7.57. The molecular formula is C24H22ClN3OS. The number of amides is 1. The van der Waals surface area contributed by atoms with Crippen molar-refractivity contribution < 1.29 is 4.79 Å². The second-order valence-electron chi connectivity index (χ2n) is 7.34. The number of anilines is 1. The molecule has 1 aromatic heterocycles. The van der Waals surface area contributed by atoms with Crippen molar-refractivity contribution in [2.75, 3.05) is 5.32 Å². The van der Waals surface area contributed by atoms with Gasteiger partial charge in [0.25, 0.3) is 5.91 Å². The topological polar surface area (TPSA) is 65.8 Å². The van der Waals surface area contributed by atoms with Crippen LogP contribution in [0.3, 0.4) is 0 Å². The molecule has 0 aliphatic carbocycles. The lowest BCUT2D eigenvalue weighted by molar-refractivity contribution is -0.112. The zero-order valence-corrected chi connectivity index (χ0v) is 18.6. The number of nitrogens with zero attached hydrogens (tertiary/aromatic N) is 2. The number of aromatic nitrogens is 1. The molecule has 6 heteroatoms. The van der Waals surface area contributed by atoms with E-state index >= 15 is 0 Å². The van der Waals surface area contributed by atoms with Gasteiger partial charge in [-0.1, -0.05) is 61.8 Å². The molecular weight excluding hydrogens is 414 g/mol. The average Bonchev–Trinajstić information content (AvgIpc) is 3.15. The summed E-state index contributed by atoms with van der Waals surface area (Å²) < 4.78 is 0. The minimum absolute atomic E-state index is 0.0364. The number of thiazole rings is 1. The van der Waals surface area contributed by atoms with Crippen molar-refractivity contribution in [3.8, 4) is 6.07 Å². The fraction of sp³-hybridized carbons (Fsp3) is 0.208. The van der Waals surface area contributed by atoms with Gasteiger partial charge in [-0.15, -0.1) is 11.3 Å². The highest BCUT2D eigenvalue weighted by molar-refractivity contribution is 7.15. The number of aryl methyl sites for hydroxylation is 1. The van der Waals surface area contributed by atoms with Crippen LogP contribution in [-0.4, -0.2) is 10.9 Å². The summed E-state index contributed by atoms with van der Waals surface area (Å²) in [5, 5.41) is 13.3. The minimum atomic E-state index is -0.468. The predicted octanol–water partition coefficient (Wildman–Crippen LogP) is 6.36. The van der Waals surface area contributed by atoms with E-state index in [1.807, 2.05) is 55.5 Å². The van der Waals surface area contributed by atoms with Gasteiger partial charge in [-0.25, -0.2) is 4.98 Å². The molecule has 0 aliphatic rings. The molecule has 0 spiro atoms. The highest BCUT2D eigenvalue weighted by atomic mass is 35.5. The van der Waals surface area contributed by atoms with Crippen molar-refractivity contribution in [1.29, 1.82) is 5.26 Å². The maximum atomic E-state index is 12.5. The van der Waals surface area contributed by atoms with Gasteiger partial charge in [0.1, 0.15) is 11.6 Å². The van der Waals surface area contributed by atoms with E-state index < -0.39 is 5.91 Å². The summed E-state index contributed by atoms with van der Waals surface area (Å²) in [7, 11) is 0. The quantitative estimate of drug-likeness (QED) is 0.361. The van der Waals surface area contributed by atoms with Gasteiger partial charge in [0.15, 0.2) is 5.13 Å². The van der Waals surface area contributed by atoms with Gasteiger partial charge in [0.2, 0.25) is 0 Å². The normalized spacial score (nSPS) is 11.4. The lowest BCUT2D eigenvalue weighted by Crippen LogP contribution is -2.13. The molecule has 0 saturated heterocycles. The van der Waals surface area contributed by atoms with Crippen molar-refractivity contribution in [3.05, 3.63) is 86.4 Å². The van der Waals surface area contributed by atoms with Gasteiger partial charge in [0, 0.05) is 22.5 Å². The Kier molecular flexibility index (Phi) is 7.04. The lowest BCUT2D eigenvalue weighted by atomic mass is 10.0. The summed E-state index contributed by atoms with van der Waals surface area (Å²) in [6.45, 7) is 6.20. The van der Waals surface area contributed by atoms with Crippen LogP contribution in [0, 0.1) is 18.3 Å². The fourth-order valence-electron chi connectivity index (χ4n) is 2.85. The van der Waals surface area contributed by atoms with Crippen LogP contribution in [0.1, 0.15) is 46.9 Å². The van der Waals surface area contributed by atoms with Crippen LogP contribution in [0.15, 0.2) is 54.2 Å². The molecule has 1 N–H and O–H groups in total. The van der Waals surface area contributed by atoms with Gasteiger partial charge < -0.3 is 0 Å². The Hall–Kier alpha value is -2.94. The first kappa shape index (κ1) is 21.8. The van der Waals surface area contributed by atoms with E-state index in [2.05, 4.69) is 24.1 Å². The van der Waals surface area contributed by atoms with E-state index in [1.165, 1.54) is 16.9 Å². The molecule has 0 atom stereocenters. The maximum Gasteiger partial charge on any atom is 0.268 e. The summed E-state index contributed by atoms with van der Waals surface area (Å²) in [5.74, 6) is -0.0403. The van der Waals surface area contributed by atoms with Crippen LogP contribution < -0.4 is 5.32 Å². The Bertz CT molecular complexity index is 1120. The van der Waals surface area contributed by atoms with Gasteiger partial charge in [-0.3, -0.25) is 10.1 Å². The smallest absolute Gasteiger partial charge is 0.268 e. The summed E-state index contributed by atoms with van der Waals surface area (Å²) in [6, 6.07) is 15.8. The summed E-state index contributed by atoms with van der Waals surface area (Å²) in [5.41, 5.74) is 4.17. The van der Waals surface area contributed by atoms with Gasteiger partial charge in [0.05, 0.1) is 0 Å². The zero-order chi connectivity index (χ0) is 21.7. The Morgan fingerprint density at radius 2 is 2.00 bits per heavy atom. The van der Waals surface area contributed by atoms with Crippen LogP contribution in [0.5, 0.6) is 0 Å². The Balaban J connectivity index is 1.68. The number of nitriles is 1. The Morgan fingerprint density at radius 1 is 1.27 bits per heavy atom. The molecule has 1 heterocycles. The Labute approximate surface area is 185 Å². The standard InChI is InChI=1S/C24H22ClN3OS/c1-15(2)19-8-6-17(7-9-19)10-20(13-26)23(29)28-24-27-14-21(30-24)11-18-5-4-16(3)22(25)12-18/h4-10,12,14-15H,11H2,1-3H3,(H,27,28,29)/b20-10+. The largest absolute Gasteiger partial charge is 0.297 e. The maximum absolute atomic E-state index is 12.5. The van der Waals surface area contributed by atoms with Crippen molar-refractivity contribution in [3.63, 3.8) is 0 Å². The van der Waals surface area contributed by atoms with Crippen molar-refractivity contribution in [2.45, 2.75) is 33.1 Å². The number of hydrogen-bond acceptors (Lipinski definition) is 4. The molecule has 0 aliphatic heterocycles. The highest BCUT2D eigenvalue weighted by Crippen LogP contribution is 2.24. The van der Waals surface area contributed by atoms with Crippen LogP contribution in [0.2, 0.25) is 5.02 Å². The van der Waals surface area contributed by atoms with E-state index in [4.69, 9.17) is 11.6 Å². The van der Waals surface area contributed by atoms with E-state index in [9.17, 15) is 10.1 Å². The molecule has 3 aromatic rings. The third kappa shape index (κ3) is 5.56. The molecule has 0 unspecified atom stereocenters. The first-order valence-corrected chi connectivity index (χ1v) is 10.8. The minimum Gasteiger partial charge on any atom is -0.297 e. The number of rotatable bonds is 6. The van der Waals surface area contributed by atoms with E-state index in [0.29, 0.717) is 17.5 Å². The Morgan fingerprint density at radius 3 is 2.63 bits per heavy atom. The van der Waals surface area contributed by atoms with E-state index in [1.54, 1.807) is 12.3 Å². The highest BCUT2D eigenvalue weighted by Gasteiger charge is 2.13. The predicted molar refractivity (Wildman–Crippen MR) is 124 cm³/mol. The van der Waals surface area contributed by atoms with Crippen LogP contribution in [-0.2, 0) is 11.2 Å². The molecule has 4 nitrogen and oxygen atoms in total. The van der Waals surface area contributed by atoms with Crippen LogP contribution in [0.25, 0.3) is 6.08 Å². The van der Waals surface area contributed by atoms with Crippen LogP contribution in [0.4, 0.5) is 5.13 Å². The van der Waals surface area contributed by atoms with Crippen LogP contribution >= 0.6 is 22.9 Å². The molecule has 0 bridgehead atoms. The number of benzene rings is 2. The molecule has 2 aromatic carbocycles. The third-order valence-electron chi connectivity index (χ3n) is 4.67. The van der Waals surface area contributed by atoms with E-state index in [0.717, 1.165) is 26.6 Å². The average molecular weight is 436 g/mol. The third-order valence-corrected chi connectivity index (χ3v) is 5.99.